The molecule has 194 valence electrons. The fourth-order valence-electron chi connectivity index (χ4n) is 4.72. The number of nitrogens with zero attached hydrogens (tertiary/aromatic N) is 3. The van der Waals surface area contributed by atoms with E-state index in [-0.39, 0.29) is 30.1 Å². The number of likely N-dealkylation sites (tertiary alicyclic amines) is 2. The van der Waals surface area contributed by atoms with Crippen molar-refractivity contribution < 1.29 is 19.2 Å². The van der Waals surface area contributed by atoms with E-state index in [4.69, 9.17) is 9.57 Å². The number of piperidine rings is 2. The molecule has 2 aliphatic rings. The molecule has 1 aromatic rings. The molecule has 9 heteroatoms. The van der Waals surface area contributed by atoms with Crippen LogP contribution in [0.5, 0.6) is 0 Å². The summed E-state index contributed by atoms with van der Waals surface area (Å²) in [5.74, 6) is 0.0481. The molecule has 0 atom stereocenters. The highest BCUT2D eigenvalue weighted by Gasteiger charge is 2.40. The van der Waals surface area contributed by atoms with Crippen molar-refractivity contribution in [2.24, 2.45) is 11.1 Å². The summed E-state index contributed by atoms with van der Waals surface area (Å²) in [5.41, 5.74) is 1.50. The minimum atomic E-state index is -0.474. The van der Waals surface area contributed by atoms with Crippen LogP contribution in [0.1, 0.15) is 58.9 Å². The molecule has 2 saturated heterocycles. The van der Waals surface area contributed by atoms with Crippen molar-refractivity contribution in [1.29, 1.82) is 0 Å². The standard InChI is InChI=1S/C26H39BrN4O4/c1-25(2,3)35-24(33)30-16-12-26(4,13-17-30)31-14-10-20(11-15-31)23(29-34-18-22(32)28-5)19-6-8-21(27)9-7-19/h6-9,20H,10-18H2,1-5H3,(H,28,32)/b29-23+. The van der Waals surface area contributed by atoms with Gasteiger partial charge in [0.15, 0.2) is 6.61 Å². The maximum absolute atomic E-state index is 12.5. The lowest BCUT2D eigenvalue weighted by Gasteiger charge is -2.49. The third kappa shape index (κ3) is 7.67. The second kappa shape index (κ2) is 11.7. The number of rotatable bonds is 6. The van der Waals surface area contributed by atoms with Gasteiger partial charge < -0.3 is 19.8 Å². The average Bonchev–Trinajstić information content (AvgIpc) is 2.82. The number of oxime groups is 1. The molecule has 35 heavy (non-hydrogen) atoms. The van der Waals surface area contributed by atoms with Crippen molar-refractivity contribution in [1.82, 2.24) is 15.1 Å². The number of halogens is 1. The largest absolute Gasteiger partial charge is 0.444 e. The van der Waals surface area contributed by atoms with Gasteiger partial charge in [0.1, 0.15) is 5.60 Å². The van der Waals surface area contributed by atoms with Gasteiger partial charge in [-0.2, -0.15) is 0 Å². The van der Waals surface area contributed by atoms with Crippen LogP contribution in [0.15, 0.2) is 33.9 Å². The van der Waals surface area contributed by atoms with E-state index in [1.807, 2.05) is 49.9 Å². The fraction of sp³-hybridized carbons (Fsp3) is 0.654. The van der Waals surface area contributed by atoms with Gasteiger partial charge in [-0.1, -0.05) is 33.2 Å². The summed E-state index contributed by atoms with van der Waals surface area (Å²) in [4.78, 5) is 33.9. The smallest absolute Gasteiger partial charge is 0.410 e. The zero-order chi connectivity index (χ0) is 25.6. The lowest BCUT2D eigenvalue weighted by atomic mass is 9.82. The molecule has 0 radical (unpaired) electrons. The maximum atomic E-state index is 12.5. The molecule has 0 aromatic heterocycles. The van der Waals surface area contributed by atoms with Gasteiger partial charge in [0.05, 0.1) is 5.71 Å². The van der Waals surface area contributed by atoms with Crippen LogP contribution in [0.25, 0.3) is 0 Å². The van der Waals surface area contributed by atoms with Gasteiger partial charge in [-0.25, -0.2) is 4.79 Å². The summed E-state index contributed by atoms with van der Waals surface area (Å²) < 4.78 is 6.56. The van der Waals surface area contributed by atoms with Crippen molar-refractivity contribution in [2.45, 2.75) is 64.5 Å². The summed E-state index contributed by atoms with van der Waals surface area (Å²) in [6.07, 6.45) is 3.57. The van der Waals surface area contributed by atoms with Crippen LogP contribution >= 0.6 is 15.9 Å². The van der Waals surface area contributed by atoms with Crippen molar-refractivity contribution in [3.63, 3.8) is 0 Å². The minimum Gasteiger partial charge on any atom is -0.444 e. The molecule has 0 unspecified atom stereocenters. The van der Waals surface area contributed by atoms with E-state index in [1.54, 1.807) is 7.05 Å². The monoisotopic (exact) mass is 550 g/mol. The Morgan fingerprint density at radius 2 is 1.71 bits per heavy atom. The van der Waals surface area contributed by atoms with E-state index >= 15 is 0 Å². The second-order valence-corrected chi connectivity index (χ2v) is 11.6. The average molecular weight is 552 g/mol. The Morgan fingerprint density at radius 1 is 1.11 bits per heavy atom. The topological polar surface area (TPSA) is 83.5 Å². The predicted octanol–water partition coefficient (Wildman–Crippen LogP) is 4.42. The lowest BCUT2D eigenvalue weighted by molar-refractivity contribution is -0.125. The zero-order valence-corrected chi connectivity index (χ0v) is 23.2. The normalized spacial score (nSPS) is 19.8. The first-order valence-electron chi connectivity index (χ1n) is 12.4. The molecule has 2 fully saturated rings. The van der Waals surface area contributed by atoms with Gasteiger partial charge in [-0.3, -0.25) is 9.69 Å². The van der Waals surface area contributed by atoms with Crippen LogP contribution in [-0.4, -0.2) is 78.5 Å². The summed E-state index contributed by atoms with van der Waals surface area (Å²) in [6, 6.07) is 8.06. The van der Waals surface area contributed by atoms with Gasteiger partial charge in [-0.05, 0) is 84.2 Å². The quantitative estimate of drug-likeness (QED) is 0.418. The molecule has 1 N–H and O–H groups in total. The molecule has 1 aromatic carbocycles. The number of amides is 2. The van der Waals surface area contributed by atoms with E-state index in [2.05, 4.69) is 38.2 Å². The predicted molar refractivity (Wildman–Crippen MR) is 140 cm³/mol. The zero-order valence-electron chi connectivity index (χ0n) is 21.6. The van der Waals surface area contributed by atoms with Crippen molar-refractivity contribution in [3.8, 4) is 0 Å². The third-order valence-electron chi connectivity index (χ3n) is 6.91. The summed E-state index contributed by atoms with van der Waals surface area (Å²) in [7, 11) is 1.58. The molecule has 0 bridgehead atoms. The van der Waals surface area contributed by atoms with E-state index in [9.17, 15) is 9.59 Å². The molecule has 8 nitrogen and oxygen atoms in total. The first-order valence-corrected chi connectivity index (χ1v) is 13.2. The molecule has 0 saturated carbocycles. The van der Waals surface area contributed by atoms with E-state index in [0.29, 0.717) is 13.1 Å². The molecule has 0 aliphatic carbocycles. The van der Waals surface area contributed by atoms with Crippen LogP contribution in [0, 0.1) is 5.92 Å². The summed E-state index contributed by atoms with van der Waals surface area (Å²) in [5, 5.41) is 6.97. The van der Waals surface area contributed by atoms with Crippen LogP contribution in [-0.2, 0) is 14.4 Å². The Bertz CT molecular complexity index is 897. The van der Waals surface area contributed by atoms with Crippen LogP contribution in [0.2, 0.25) is 0 Å². The van der Waals surface area contributed by atoms with Crippen LogP contribution in [0.4, 0.5) is 4.79 Å². The van der Waals surface area contributed by atoms with Crippen LogP contribution < -0.4 is 5.32 Å². The summed E-state index contributed by atoms with van der Waals surface area (Å²) in [6.45, 7) is 11.3. The number of ether oxygens (including phenoxy) is 1. The van der Waals surface area contributed by atoms with Crippen LogP contribution in [0.3, 0.4) is 0 Å². The third-order valence-corrected chi connectivity index (χ3v) is 7.44. The highest BCUT2D eigenvalue weighted by atomic mass is 79.9. The number of carbonyl (C=O) groups is 2. The lowest BCUT2D eigenvalue weighted by Crippen LogP contribution is -2.57. The molecular formula is C26H39BrN4O4. The number of nitrogens with one attached hydrogen (secondary N) is 1. The number of benzene rings is 1. The van der Waals surface area contributed by atoms with Gasteiger partial charge >= 0.3 is 6.09 Å². The molecule has 0 spiro atoms. The van der Waals surface area contributed by atoms with E-state index < -0.39 is 5.60 Å². The Hall–Kier alpha value is -2.13. The molecule has 2 heterocycles. The maximum Gasteiger partial charge on any atom is 0.410 e. The molecule has 3 rings (SSSR count). The number of hydrogen-bond acceptors (Lipinski definition) is 6. The van der Waals surface area contributed by atoms with E-state index in [0.717, 1.165) is 54.5 Å². The number of carbonyl (C=O) groups excluding carboxylic acids is 2. The first-order chi connectivity index (χ1) is 16.5. The highest BCUT2D eigenvalue weighted by molar-refractivity contribution is 9.10. The van der Waals surface area contributed by atoms with Crippen molar-refractivity contribution in [3.05, 3.63) is 34.3 Å². The highest BCUT2D eigenvalue weighted by Crippen LogP contribution is 2.34. The first kappa shape index (κ1) is 27.5. The van der Waals surface area contributed by atoms with Crippen molar-refractivity contribution >= 4 is 33.6 Å². The molecule has 2 amide bonds. The minimum absolute atomic E-state index is 0.0636. The Labute approximate surface area is 217 Å². The Balaban J connectivity index is 1.61. The van der Waals surface area contributed by atoms with Gasteiger partial charge in [-0.15, -0.1) is 0 Å². The molecular weight excluding hydrogens is 512 g/mol. The van der Waals surface area contributed by atoms with Gasteiger partial charge in [0, 0.05) is 36.1 Å². The van der Waals surface area contributed by atoms with Crippen molar-refractivity contribution in [2.75, 3.05) is 39.8 Å². The van der Waals surface area contributed by atoms with E-state index in [1.165, 1.54) is 0 Å². The second-order valence-electron chi connectivity index (χ2n) is 10.7. The summed E-state index contributed by atoms with van der Waals surface area (Å²) >= 11 is 3.49. The Kier molecular flexibility index (Phi) is 9.21. The van der Waals surface area contributed by atoms with Gasteiger partial charge in [0.2, 0.25) is 0 Å². The number of hydrogen-bond donors (Lipinski definition) is 1. The molecule has 2 aliphatic heterocycles. The SMILES string of the molecule is CNC(=O)CO/N=C(\c1ccc(Br)cc1)C1CCN(C2(C)CCN(C(=O)OC(C)(C)C)CC2)CC1. The fourth-order valence-corrected chi connectivity index (χ4v) is 4.99. The van der Waals surface area contributed by atoms with Gasteiger partial charge in [0.25, 0.3) is 5.91 Å². The number of likely N-dealkylation sites (N-methyl/N-ethyl adjacent to an activating group) is 1. The Morgan fingerprint density at radius 3 is 2.26 bits per heavy atom.